The summed E-state index contributed by atoms with van der Waals surface area (Å²) < 4.78 is 0. The number of likely N-dealkylation sites (tertiary alicyclic amines) is 1. The fourth-order valence-corrected chi connectivity index (χ4v) is 6.33. The van der Waals surface area contributed by atoms with Crippen LogP contribution in [0.25, 0.3) is 0 Å². The van der Waals surface area contributed by atoms with E-state index in [0.717, 1.165) is 76.0 Å². The second-order valence-electron chi connectivity index (χ2n) is 11.0. The van der Waals surface area contributed by atoms with Gasteiger partial charge in [-0.05, 0) is 80.3 Å². The summed E-state index contributed by atoms with van der Waals surface area (Å²) in [5.41, 5.74) is 3.08. The molecular weight excluding hydrogens is 452 g/mol. The van der Waals surface area contributed by atoms with Crippen LogP contribution in [0.1, 0.15) is 56.1 Å². The van der Waals surface area contributed by atoms with Crippen molar-refractivity contribution in [3.63, 3.8) is 0 Å². The molecule has 1 aliphatic carbocycles. The lowest BCUT2D eigenvalue weighted by Crippen LogP contribution is -2.46. The molecule has 5 rings (SSSR count). The number of nitrogens with one attached hydrogen (secondary N) is 1. The van der Waals surface area contributed by atoms with Crippen molar-refractivity contribution in [2.45, 2.75) is 64.3 Å². The normalized spacial score (nSPS) is 20.8. The fourth-order valence-electron chi connectivity index (χ4n) is 6.33. The van der Waals surface area contributed by atoms with Crippen LogP contribution in [0.15, 0.2) is 42.6 Å². The minimum atomic E-state index is -0.904. The number of hydrogen-bond donors (Lipinski definition) is 2. The van der Waals surface area contributed by atoms with Crippen LogP contribution < -0.4 is 10.2 Å². The van der Waals surface area contributed by atoms with Crippen molar-refractivity contribution in [2.75, 3.05) is 36.4 Å². The molecule has 7 heteroatoms. The van der Waals surface area contributed by atoms with Gasteiger partial charge in [-0.15, -0.1) is 0 Å². The van der Waals surface area contributed by atoms with E-state index in [-0.39, 0.29) is 11.3 Å². The standard InChI is InChI=1S/C29H38N4O3/c1-21-8-14-30-26(18-21)31-20-23-9-15-32(16-10-23)24-6-4-22(5-7-24)19-25(27(34)35)33-17-13-29(28(33)36)11-2-3-12-29/h4-8,14,18,23,25H,2-3,9-13,15-17,19-20H2,1H3,(H,30,31)(H,34,35). The van der Waals surface area contributed by atoms with Gasteiger partial charge in [0.15, 0.2) is 0 Å². The van der Waals surface area contributed by atoms with Gasteiger partial charge in [-0.3, -0.25) is 4.79 Å². The maximum absolute atomic E-state index is 13.1. The highest BCUT2D eigenvalue weighted by Crippen LogP contribution is 2.47. The molecule has 1 aromatic carbocycles. The summed E-state index contributed by atoms with van der Waals surface area (Å²) in [7, 11) is 0. The first-order chi connectivity index (χ1) is 17.4. The maximum atomic E-state index is 13.1. The van der Waals surface area contributed by atoms with Gasteiger partial charge in [-0.1, -0.05) is 25.0 Å². The molecule has 2 saturated heterocycles. The number of hydrogen-bond acceptors (Lipinski definition) is 5. The van der Waals surface area contributed by atoms with E-state index in [0.29, 0.717) is 18.9 Å². The Balaban J connectivity index is 1.14. The number of carbonyl (C=O) groups is 2. The molecule has 192 valence electrons. The number of pyridine rings is 1. The van der Waals surface area contributed by atoms with E-state index in [1.165, 1.54) is 11.3 Å². The summed E-state index contributed by atoms with van der Waals surface area (Å²) in [6.07, 6.45) is 9.25. The fraction of sp³-hybridized carbons (Fsp3) is 0.552. The molecule has 3 fully saturated rings. The molecule has 1 atom stereocenters. The number of aromatic nitrogens is 1. The maximum Gasteiger partial charge on any atom is 0.326 e. The number of carboxylic acid groups (broad SMARTS) is 1. The van der Waals surface area contributed by atoms with Crippen LogP contribution in [-0.4, -0.2) is 59.1 Å². The van der Waals surface area contributed by atoms with Crippen molar-refractivity contribution in [1.29, 1.82) is 0 Å². The van der Waals surface area contributed by atoms with Gasteiger partial charge in [0.25, 0.3) is 0 Å². The lowest BCUT2D eigenvalue weighted by Gasteiger charge is -2.34. The van der Waals surface area contributed by atoms with Crippen molar-refractivity contribution >= 4 is 23.4 Å². The van der Waals surface area contributed by atoms with Gasteiger partial charge in [0.2, 0.25) is 5.91 Å². The lowest BCUT2D eigenvalue weighted by atomic mass is 9.85. The molecule has 0 bridgehead atoms. The first-order valence-electron chi connectivity index (χ1n) is 13.5. The van der Waals surface area contributed by atoms with E-state index >= 15 is 0 Å². The van der Waals surface area contributed by atoms with E-state index in [4.69, 9.17) is 0 Å². The van der Waals surface area contributed by atoms with E-state index in [1.807, 2.05) is 24.4 Å². The molecule has 1 spiro atoms. The molecule has 3 heterocycles. The number of nitrogens with zero attached hydrogens (tertiary/aromatic N) is 3. The summed E-state index contributed by atoms with van der Waals surface area (Å²) in [6.45, 7) is 5.61. The number of aliphatic carboxylic acids is 1. The Bertz CT molecular complexity index is 1070. The molecule has 7 nitrogen and oxygen atoms in total. The van der Waals surface area contributed by atoms with Crippen molar-refractivity contribution in [3.8, 4) is 0 Å². The third-order valence-electron chi connectivity index (χ3n) is 8.60. The molecule has 2 aliphatic heterocycles. The Kier molecular flexibility index (Phi) is 7.17. The minimum Gasteiger partial charge on any atom is -0.480 e. The average molecular weight is 491 g/mol. The minimum absolute atomic E-state index is 0.0690. The van der Waals surface area contributed by atoms with Crippen molar-refractivity contribution < 1.29 is 14.7 Å². The number of carbonyl (C=O) groups excluding carboxylic acids is 1. The SMILES string of the molecule is Cc1ccnc(NCC2CCN(c3ccc(CC(C(=O)O)N4CCC5(CCCC5)C4=O)cc3)CC2)c1. The van der Waals surface area contributed by atoms with Gasteiger partial charge in [0, 0.05) is 44.5 Å². The van der Waals surface area contributed by atoms with Crippen LogP contribution in [-0.2, 0) is 16.0 Å². The van der Waals surface area contributed by atoms with Gasteiger partial charge in [-0.25, -0.2) is 9.78 Å². The highest BCUT2D eigenvalue weighted by Gasteiger charge is 2.50. The highest BCUT2D eigenvalue weighted by molar-refractivity contribution is 5.89. The highest BCUT2D eigenvalue weighted by atomic mass is 16.4. The first kappa shape index (κ1) is 24.6. The smallest absolute Gasteiger partial charge is 0.326 e. The quantitative estimate of drug-likeness (QED) is 0.566. The molecule has 1 aromatic heterocycles. The van der Waals surface area contributed by atoms with Crippen LogP contribution in [0.3, 0.4) is 0 Å². The third-order valence-corrected chi connectivity index (χ3v) is 8.60. The largest absolute Gasteiger partial charge is 0.480 e. The number of anilines is 2. The predicted molar refractivity (Wildman–Crippen MR) is 141 cm³/mol. The summed E-state index contributed by atoms with van der Waals surface area (Å²) in [6, 6.07) is 11.6. The number of aryl methyl sites for hydroxylation is 1. The van der Waals surface area contributed by atoms with Crippen molar-refractivity contribution in [2.24, 2.45) is 11.3 Å². The summed E-state index contributed by atoms with van der Waals surface area (Å²) >= 11 is 0. The molecule has 3 aliphatic rings. The molecule has 1 amide bonds. The van der Waals surface area contributed by atoms with Crippen LogP contribution >= 0.6 is 0 Å². The molecule has 0 radical (unpaired) electrons. The summed E-state index contributed by atoms with van der Waals surface area (Å²) in [5, 5.41) is 13.4. The van der Waals surface area contributed by atoms with Crippen LogP contribution in [0.4, 0.5) is 11.5 Å². The lowest BCUT2D eigenvalue weighted by molar-refractivity contribution is -0.150. The Labute approximate surface area is 213 Å². The van der Waals surface area contributed by atoms with Crippen LogP contribution in [0.2, 0.25) is 0 Å². The topological polar surface area (TPSA) is 85.8 Å². The van der Waals surface area contributed by atoms with Crippen molar-refractivity contribution in [3.05, 3.63) is 53.7 Å². The number of rotatable bonds is 8. The summed E-state index contributed by atoms with van der Waals surface area (Å²) in [4.78, 5) is 33.7. The monoisotopic (exact) mass is 490 g/mol. The van der Waals surface area contributed by atoms with Gasteiger partial charge >= 0.3 is 5.97 Å². The zero-order valence-corrected chi connectivity index (χ0v) is 21.3. The van der Waals surface area contributed by atoms with Crippen molar-refractivity contribution in [1.82, 2.24) is 9.88 Å². The van der Waals surface area contributed by atoms with E-state index in [2.05, 4.69) is 40.3 Å². The second kappa shape index (κ2) is 10.5. The zero-order chi connectivity index (χ0) is 25.1. The van der Waals surface area contributed by atoms with Crippen LogP contribution in [0, 0.1) is 18.3 Å². The summed E-state index contributed by atoms with van der Waals surface area (Å²) in [5.74, 6) is 0.737. The molecule has 1 unspecified atom stereocenters. The first-order valence-corrected chi connectivity index (χ1v) is 13.5. The van der Waals surface area contributed by atoms with E-state index < -0.39 is 12.0 Å². The zero-order valence-electron chi connectivity index (χ0n) is 21.3. The van der Waals surface area contributed by atoms with Gasteiger partial charge in [-0.2, -0.15) is 0 Å². The number of benzene rings is 1. The van der Waals surface area contributed by atoms with E-state index in [1.54, 1.807) is 4.90 Å². The van der Waals surface area contributed by atoms with Gasteiger partial charge in [0.1, 0.15) is 11.9 Å². The van der Waals surface area contributed by atoms with Gasteiger partial charge in [0.05, 0.1) is 5.41 Å². The molecule has 2 aromatic rings. The molecule has 36 heavy (non-hydrogen) atoms. The van der Waals surface area contributed by atoms with E-state index in [9.17, 15) is 14.7 Å². The second-order valence-corrected chi connectivity index (χ2v) is 11.0. The molecule has 1 saturated carbocycles. The Morgan fingerprint density at radius 3 is 2.50 bits per heavy atom. The number of carboxylic acids is 1. The third kappa shape index (κ3) is 5.20. The molecule has 2 N–H and O–H groups in total. The number of piperidine rings is 1. The Morgan fingerprint density at radius 1 is 1.11 bits per heavy atom. The van der Waals surface area contributed by atoms with Crippen LogP contribution in [0.5, 0.6) is 0 Å². The average Bonchev–Trinajstić information content (AvgIpc) is 3.49. The Hall–Kier alpha value is -3.09. The molecular formula is C29H38N4O3. The van der Waals surface area contributed by atoms with Gasteiger partial charge < -0.3 is 20.2 Å². The Morgan fingerprint density at radius 2 is 1.83 bits per heavy atom. The number of amides is 1. The predicted octanol–water partition coefficient (Wildman–Crippen LogP) is 4.51.